The number of carbonyl (C=O) groups excluding carboxylic acids is 1. The predicted octanol–water partition coefficient (Wildman–Crippen LogP) is 4.42. The van der Waals surface area contributed by atoms with Crippen LogP contribution in [0.25, 0.3) is 0 Å². The molecule has 0 aliphatic rings. The van der Waals surface area contributed by atoms with Crippen LogP contribution in [0.15, 0.2) is 38.3 Å². The molecule has 7 heteroatoms. The standard InChI is InChI=1S/C14H13BrIN3O2/c1-8-3-4-12(9(2)5-8)18-14(20)19-17-7-10-6-11(15)13(16)21-10/h3-7H,1-2H3,(H2,18,19,20)/b17-7+. The zero-order valence-corrected chi connectivity index (χ0v) is 15.1. The van der Waals surface area contributed by atoms with Gasteiger partial charge in [-0.15, -0.1) is 0 Å². The Balaban J connectivity index is 1.93. The number of nitrogens with one attached hydrogen (secondary N) is 2. The van der Waals surface area contributed by atoms with Crippen LogP contribution in [0.3, 0.4) is 0 Å². The minimum atomic E-state index is -0.404. The largest absolute Gasteiger partial charge is 0.448 e. The lowest BCUT2D eigenvalue weighted by Gasteiger charge is -2.08. The van der Waals surface area contributed by atoms with E-state index in [1.807, 2.05) is 32.0 Å². The number of amides is 2. The van der Waals surface area contributed by atoms with E-state index in [1.54, 1.807) is 6.07 Å². The molecular weight excluding hydrogens is 449 g/mol. The summed E-state index contributed by atoms with van der Waals surface area (Å²) >= 11 is 5.39. The number of anilines is 1. The van der Waals surface area contributed by atoms with Crippen LogP contribution < -0.4 is 10.7 Å². The van der Waals surface area contributed by atoms with Gasteiger partial charge >= 0.3 is 6.03 Å². The van der Waals surface area contributed by atoms with Gasteiger partial charge in [-0.1, -0.05) is 17.7 Å². The molecule has 0 aliphatic carbocycles. The summed E-state index contributed by atoms with van der Waals surface area (Å²) in [6, 6.07) is 7.17. The highest BCUT2D eigenvalue weighted by atomic mass is 127. The van der Waals surface area contributed by atoms with Crippen molar-refractivity contribution >= 4 is 56.5 Å². The average Bonchev–Trinajstić information content (AvgIpc) is 2.72. The van der Waals surface area contributed by atoms with Crippen LogP contribution in [-0.2, 0) is 0 Å². The van der Waals surface area contributed by atoms with Gasteiger partial charge < -0.3 is 9.73 Å². The molecule has 2 rings (SSSR count). The Kier molecular flexibility index (Phi) is 5.40. The van der Waals surface area contributed by atoms with Gasteiger partial charge in [0.05, 0.1) is 10.7 Å². The quantitative estimate of drug-likeness (QED) is 0.403. The van der Waals surface area contributed by atoms with Gasteiger partial charge in [-0.05, 0) is 41.4 Å². The second-order valence-electron chi connectivity index (χ2n) is 4.41. The molecule has 5 nitrogen and oxygen atoms in total. The number of hydrogen-bond donors (Lipinski definition) is 2. The van der Waals surface area contributed by atoms with E-state index in [1.165, 1.54) is 6.21 Å². The van der Waals surface area contributed by atoms with Crippen molar-refractivity contribution in [3.05, 3.63) is 49.4 Å². The van der Waals surface area contributed by atoms with Crippen LogP contribution in [0, 0.1) is 17.6 Å². The minimum absolute atomic E-state index is 0.404. The molecule has 21 heavy (non-hydrogen) atoms. The molecular formula is C14H13BrIN3O2. The molecule has 110 valence electrons. The summed E-state index contributed by atoms with van der Waals surface area (Å²) in [5.74, 6) is 0.554. The van der Waals surface area contributed by atoms with Crippen LogP contribution in [-0.4, -0.2) is 12.2 Å². The molecule has 0 bridgehead atoms. The fourth-order valence-electron chi connectivity index (χ4n) is 1.69. The Bertz CT molecular complexity index is 678. The van der Waals surface area contributed by atoms with E-state index >= 15 is 0 Å². The fraction of sp³-hybridized carbons (Fsp3) is 0.143. The molecule has 0 fully saturated rings. The molecule has 0 radical (unpaired) electrons. The molecule has 0 aliphatic heterocycles. The van der Waals surface area contributed by atoms with Gasteiger partial charge in [-0.2, -0.15) is 5.10 Å². The number of carbonyl (C=O) groups is 1. The summed E-state index contributed by atoms with van der Waals surface area (Å²) in [5.41, 5.74) is 5.29. The Morgan fingerprint density at radius 2 is 2.14 bits per heavy atom. The Morgan fingerprint density at radius 1 is 1.38 bits per heavy atom. The zero-order chi connectivity index (χ0) is 15.4. The lowest BCUT2D eigenvalue weighted by molar-refractivity contribution is 0.252. The maximum atomic E-state index is 11.7. The number of hydrogen-bond acceptors (Lipinski definition) is 3. The smallest absolute Gasteiger partial charge is 0.339 e. The van der Waals surface area contributed by atoms with Crippen molar-refractivity contribution in [2.75, 3.05) is 5.32 Å². The highest BCUT2D eigenvalue weighted by Crippen LogP contribution is 2.22. The Morgan fingerprint density at radius 3 is 2.76 bits per heavy atom. The molecule has 1 heterocycles. The van der Waals surface area contributed by atoms with Crippen LogP contribution >= 0.6 is 38.5 Å². The predicted molar refractivity (Wildman–Crippen MR) is 94.8 cm³/mol. The molecule has 2 N–H and O–H groups in total. The van der Waals surface area contributed by atoms with Crippen molar-refractivity contribution in [1.82, 2.24) is 5.43 Å². The summed E-state index contributed by atoms with van der Waals surface area (Å²) in [7, 11) is 0. The molecule has 2 amide bonds. The molecule has 1 aromatic heterocycles. The maximum absolute atomic E-state index is 11.7. The molecule has 2 aromatic rings. The van der Waals surface area contributed by atoms with Crippen molar-refractivity contribution in [3.63, 3.8) is 0 Å². The van der Waals surface area contributed by atoms with Crippen LogP contribution in [0.1, 0.15) is 16.9 Å². The van der Waals surface area contributed by atoms with Gasteiger partial charge in [0.2, 0.25) is 0 Å². The maximum Gasteiger partial charge on any atom is 0.339 e. The molecule has 1 aromatic carbocycles. The normalized spacial score (nSPS) is 10.9. The number of halogens is 2. The SMILES string of the molecule is Cc1ccc(NC(=O)N/N=C/c2cc(Br)c(I)o2)c(C)c1. The second kappa shape index (κ2) is 7.08. The first-order chi connectivity index (χ1) is 9.95. The van der Waals surface area contributed by atoms with Crippen molar-refractivity contribution in [3.8, 4) is 0 Å². The van der Waals surface area contributed by atoms with Crippen LogP contribution in [0.4, 0.5) is 10.5 Å². The highest BCUT2D eigenvalue weighted by molar-refractivity contribution is 14.1. The van der Waals surface area contributed by atoms with Crippen molar-refractivity contribution in [2.24, 2.45) is 5.10 Å². The fourth-order valence-corrected chi connectivity index (χ4v) is 2.40. The van der Waals surface area contributed by atoms with Gasteiger partial charge in [0, 0.05) is 34.3 Å². The van der Waals surface area contributed by atoms with Gasteiger partial charge in [-0.25, -0.2) is 10.2 Å². The number of benzene rings is 1. The Labute approximate surface area is 144 Å². The van der Waals surface area contributed by atoms with Gasteiger partial charge in [-0.3, -0.25) is 0 Å². The third-order valence-corrected chi connectivity index (χ3v) is 4.78. The van der Waals surface area contributed by atoms with E-state index in [2.05, 4.69) is 54.4 Å². The molecule has 0 saturated carbocycles. The highest BCUT2D eigenvalue weighted by Gasteiger charge is 2.05. The first-order valence-corrected chi connectivity index (χ1v) is 7.95. The number of nitrogens with zero attached hydrogens (tertiary/aromatic N) is 1. The summed E-state index contributed by atoms with van der Waals surface area (Å²) < 4.78 is 6.95. The summed E-state index contributed by atoms with van der Waals surface area (Å²) in [4.78, 5) is 11.7. The lowest BCUT2D eigenvalue weighted by Crippen LogP contribution is -2.24. The monoisotopic (exact) mass is 461 g/mol. The minimum Gasteiger partial charge on any atom is -0.448 e. The zero-order valence-electron chi connectivity index (χ0n) is 11.4. The van der Waals surface area contributed by atoms with Crippen molar-refractivity contribution in [1.29, 1.82) is 0 Å². The average molecular weight is 462 g/mol. The molecule has 0 spiro atoms. The summed E-state index contributed by atoms with van der Waals surface area (Å²) in [6.07, 6.45) is 1.44. The summed E-state index contributed by atoms with van der Waals surface area (Å²) in [6.45, 7) is 3.94. The summed E-state index contributed by atoms with van der Waals surface area (Å²) in [5, 5.41) is 6.57. The van der Waals surface area contributed by atoms with E-state index < -0.39 is 6.03 Å². The first kappa shape index (κ1) is 16.0. The molecule has 0 atom stereocenters. The van der Waals surface area contributed by atoms with Crippen molar-refractivity contribution < 1.29 is 9.21 Å². The van der Waals surface area contributed by atoms with Crippen LogP contribution in [0.5, 0.6) is 0 Å². The molecule has 0 unspecified atom stereocenters. The number of furan rings is 1. The molecule has 0 saturated heterocycles. The van der Waals surface area contributed by atoms with Crippen LogP contribution in [0.2, 0.25) is 0 Å². The van der Waals surface area contributed by atoms with Gasteiger partial charge in [0.1, 0.15) is 5.76 Å². The number of aryl methyl sites for hydroxylation is 2. The van der Waals surface area contributed by atoms with Crippen molar-refractivity contribution in [2.45, 2.75) is 13.8 Å². The first-order valence-electron chi connectivity index (χ1n) is 6.08. The number of rotatable bonds is 3. The number of urea groups is 1. The number of hydrazone groups is 1. The van der Waals surface area contributed by atoms with Gasteiger partial charge in [0.15, 0.2) is 3.77 Å². The van der Waals surface area contributed by atoms with E-state index in [0.717, 1.165) is 25.1 Å². The van der Waals surface area contributed by atoms with E-state index in [4.69, 9.17) is 4.42 Å². The lowest BCUT2D eigenvalue weighted by atomic mass is 10.1. The van der Waals surface area contributed by atoms with E-state index in [9.17, 15) is 4.79 Å². The van der Waals surface area contributed by atoms with E-state index in [-0.39, 0.29) is 0 Å². The third-order valence-electron chi connectivity index (χ3n) is 2.65. The second-order valence-corrected chi connectivity index (χ2v) is 6.25. The van der Waals surface area contributed by atoms with E-state index in [0.29, 0.717) is 5.76 Å². The topological polar surface area (TPSA) is 66.6 Å². The third kappa shape index (κ3) is 4.57. The Hall–Kier alpha value is -1.35. The van der Waals surface area contributed by atoms with Gasteiger partial charge in [0.25, 0.3) is 0 Å².